The van der Waals surface area contributed by atoms with E-state index >= 15 is 0 Å². The topological polar surface area (TPSA) is 9.23 Å². The Labute approximate surface area is 116 Å². The minimum atomic E-state index is 0.824. The van der Waals surface area contributed by atoms with Gasteiger partial charge in [-0.25, -0.2) is 0 Å². The van der Waals surface area contributed by atoms with Gasteiger partial charge in [-0.2, -0.15) is 18.2 Å². The second-order valence-electron chi connectivity index (χ2n) is 3.49. The first-order valence-corrected chi connectivity index (χ1v) is 12.7. The summed E-state index contributed by atoms with van der Waals surface area (Å²) >= 11 is 4.25. The third kappa shape index (κ3) is 9.36. The summed E-state index contributed by atoms with van der Waals surface area (Å²) in [7, 11) is 0. The van der Waals surface area contributed by atoms with E-state index in [1.807, 2.05) is 24.3 Å². The summed E-state index contributed by atoms with van der Waals surface area (Å²) < 4.78 is 5.53. The van der Waals surface area contributed by atoms with Crippen LogP contribution in [-0.4, -0.2) is 6.61 Å². The standard InChI is InChI=1S/C13H19O.BrH.Zn/c1-2-3-4-5-9-12-14-13-10-7-6-8-11-13;;/h6-8,10H,2-5,9,12H2,1H3;1H;/q-1;;+2/p-1. The van der Waals surface area contributed by atoms with Crippen molar-refractivity contribution in [1.29, 1.82) is 0 Å². The molecule has 1 nitrogen and oxygen atoms in total. The Bertz CT molecular complexity index is 229. The molecule has 1 aromatic rings. The number of hydrogen-bond donors (Lipinski definition) is 0. The second-order valence-corrected chi connectivity index (χ2v) is 3.49. The zero-order valence-electron chi connectivity index (χ0n) is 10.0. The van der Waals surface area contributed by atoms with E-state index in [4.69, 9.17) is 4.74 Å². The molecule has 0 saturated carbocycles. The SMILES string of the molecule is CCCCCCCOc1[c-]cccc1.[Zn+][Br]. The predicted octanol–water partition coefficient (Wildman–Crippen LogP) is 4.68. The molecule has 0 unspecified atom stereocenters. The van der Waals surface area contributed by atoms with E-state index in [0.29, 0.717) is 0 Å². The van der Waals surface area contributed by atoms with Crippen molar-refractivity contribution in [3.63, 3.8) is 0 Å². The third-order valence-corrected chi connectivity index (χ3v) is 2.19. The van der Waals surface area contributed by atoms with Crippen LogP contribution >= 0.6 is 13.6 Å². The van der Waals surface area contributed by atoms with Crippen molar-refractivity contribution in [2.75, 3.05) is 6.61 Å². The molecule has 0 aliphatic rings. The van der Waals surface area contributed by atoms with Gasteiger partial charge in [0.2, 0.25) is 0 Å². The van der Waals surface area contributed by atoms with Gasteiger partial charge in [0.1, 0.15) is 0 Å². The van der Waals surface area contributed by atoms with Crippen LogP contribution < -0.4 is 4.74 Å². The number of rotatable bonds is 7. The molecular weight excluding hydrogens is 317 g/mol. The fourth-order valence-electron chi connectivity index (χ4n) is 1.35. The molecule has 0 saturated heterocycles. The van der Waals surface area contributed by atoms with Gasteiger partial charge in [0, 0.05) is 5.75 Å². The van der Waals surface area contributed by atoms with Crippen molar-refractivity contribution in [3.8, 4) is 5.75 Å². The first-order valence-electron chi connectivity index (χ1n) is 5.79. The van der Waals surface area contributed by atoms with Gasteiger partial charge in [0.25, 0.3) is 0 Å². The molecule has 0 aliphatic heterocycles. The molecule has 0 N–H and O–H groups in total. The second kappa shape index (κ2) is 13.2. The average Bonchev–Trinajstić information content (AvgIpc) is 2.37. The summed E-state index contributed by atoms with van der Waals surface area (Å²) in [5.41, 5.74) is 0. The number of para-hydroxylation sites is 1. The zero-order valence-corrected chi connectivity index (χ0v) is 14.6. The van der Waals surface area contributed by atoms with Crippen LogP contribution in [0.4, 0.5) is 0 Å². The molecule has 3 heteroatoms. The van der Waals surface area contributed by atoms with Crippen molar-refractivity contribution in [3.05, 3.63) is 30.3 Å². The van der Waals surface area contributed by atoms with Crippen molar-refractivity contribution in [2.24, 2.45) is 0 Å². The first-order chi connectivity index (χ1) is 7.93. The van der Waals surface area contributed by atoms with Crippen molar-refractivity contribution >= 4 is 13.6 Å². The van der Waals surface area contributed by atoms with E-state index < -0.39 is 0 Å². The summed E-state index contributed by atoms with van der Waals surface area (Å²) in [4.78, 5) is 0. The van der Waals surface area contributed by atoms with Gasteiger partial charge in [-0.3, -0.25) is 0 Å². The van der Waals surface area contributed by atoms with Gasteiger partial charge in [-0.1, -0.05) is 32.6 Å². The van der Waals surface area contributed by atoms with E-state index in [2.05, 4.69) is 26.6 Å². The maximum atomic E-state index is 5.53. The van der Waals surface area contributed by atoms with Gasteiger partial charge in [-0.15, -0.1) is 12.1 Å². The molecule has 16 heavy (non-hydrogen) atoms. The fourth-order valence-corrected chi connectivity index (χ4v) is 1.35. The van der Waals surface area contributed by atoms with E-state index in [1.165, 1.54) is 42.0 Å². The summed E-state index contributed by atoms with van der Waals surface area (Å²) in [5, 5.41) is 0. The first kappa shape index (κ1) is 16.1. The minimum absolute atomic E-state index is 0.824. The molecule has 0 fully saturated rings. The molecule has 0 amide bonds. The molecule has 0 bridgehead atoms. The Balaban J connectivity index is 0.00000106. The van der Waals surface area contributed by atoms with Crippen LogP contribution in [0.5, 0.6) is 5.75 Å². The van der Waals surface area contributed by atoms with Gasteiger partial charge in [-0.05, 0) is 6.42 Å². The molecule has 1 rings (SSSR count). The molecule has 0 atom stereocenters. The van der Waals surface area contributed by atoms with Crippen LogP contribution in [0.3, 0.4) is 0 Å². The van der Waals surface area contributed by atoms with Crippen molar-refractivity contribution in [1.82, 2.24) is 0 Å². The molecule has 86 valence electrons. The monoisotopic (exact) mass is 334 g/mol. The van der Waals surface area contributed by atoms with Crippen LogP contribution in [0.25, 0.3) is 0 Å². The Hall–Kier alpha value is 0.123. The number of hydrogen-bond acceptors (Lipinski definition) is 1. The van der Waals surface area contributed by atoms with E-state index in [9.17, 15) is 0 Å². The molecule has 0 spiro atoms. The Kier molecular flexibility index (Phi) is 13.3. The van der Waals surface area contributed by atoms with Crippen molar-refractivity contribution < 1.29 is 21.1 Å². The summed E-state index contributed by atoms with van der Waals surface area (Å²) in [5.74, 6) is 0.864. The van der Waals surface area contributed by atoms with Crippen LogP contribution in [0.2, 0.25) is 0 Å². The normalized spacial score (nSPS) is 9.25. The Morgan fingerprint density at radius 1 is 1.19 bits per heavy atom. The molecule has 0 aromatic heterocycles. The van der Waals surface area contributed by atoms with Crippen LogP contribution in [-0.2, 0) is 16.3 Å². The molecule has 0 aliphatic carbocycles. The van der Waals surface area contributed by atoms with Gasteiger partial charge in [0.05, 0.1) is 6.61 Å². The number of benzene rings is 1. The molecule has 1 aromatic carbocycles. The number of unbranched alkanes of at least 4 members (excludes halogenated alkanes) is 4. The average molecular weight is 337 g/mol. The molecule has 0 heterocycles. The Morgan fingerprint density at radius 3 is 2.56 bits per heavy atom. The molecular formula is C13H19BrOZn. The van der Waals surface area contributed by atoms with Gasteiger partial charge >= 0.3 is 30.0 Å². The van der Waals surface area contributed by atoms with Crippen LogP contribution in [0.15, 0.2) is 24.3 Å². The maximum absolute atomic E-state index is 5.53. The van der Waals surface area contributed by atoms with Crippen LogP contribution in [0, 0.1) is 6.07 Å². The van der Waals surface area contributed by atoms with E-state index in [1.54, 1.807) is 0 Å². The Morgan fingerprint density at radius 2 is 1.94 bits per heavy atom. The summed E-state index contributed by atoms with van der Waals surface area (Å²) in [6.07, 6.45) is 6.41. The quantitative estimate of drug-likeness (QED) is 0.399. The van der Waals surface area contributed by atoms with E-state index in [-0.39, 0.29) is 0 Å². The summed E-state index contributed by atoms with van der Waals surface area (Å²) in [6, 6.07) is 10.8. The number of halogens is 1. The van der Waals surface area contributed by atoms with E-state index in [0.717, 1.165) is 18.8 Å². The van der Waals surface area contributed by atoms with Crippen LogP contribution in [0.1, 0.15) is 39.0 Å². The predicted molar refractivity (Wildman–Crippen MR) is 68.5 cm³/mol. The third-order valence-electron chi connectivity index (χ3n) is 2.19. The summed E-state index contributed by atoms with van der Waals surface area (Å²) in [6.45, 7) is 3.06. The van der Waals surface area contributed by atoms with Crippen molar-refractivity contribution in [2.45, 2.75) is 39.0 Å². The van der Waals surface area contributed by atoms with Gasteiger partial charge in [0.15, 0.2) is 0 Å². The zero-order chi connectivity index (χ0) is 12.1. The van der Waals surface area contributed by atoms with Gasteiger partial charge < -0.3 is 4.74 Å². The number of ether oxygens (including phenoxy) is 1. The fraction of sp³-hybridized carbons (Fsp3) is 0.538. The molecule has 0 radical (unpaired) electrons.